The summed E-state index contributed by atoms with van der Waals surface area (Å²) in [6, 6.07) is 23.5. The first kappa shape index (κ1) is 27.8. The number of nitrogens with zero attached hydrogens (tertiary/aromatic N) is 4. The van der Waals surface area contributed by atoms with E-state index in [4.69, 9.17) is 9.97 Å². The minimum Gasteiger partial charge on any atom is -0.372 e. The van der Waals surface area contributed by atoms with Crippen molar-refractivity contribution in [3.8, 4) is 22.5 Å². The third kappa shape index (κ3) is 6.23. The van der Waals surface area contributed by atoms with Crippen LogP contribution < -0.4 is 20.4 Å². The molecule has 3 saturated heterocycles. The Morgan fingerprint density at radius 1 is 0.651 bits per heavy atom. The highest BCUT2D eigenvalue weighted by atomic mass is 16.1. The van der Waals surface area contributed by atoms with E-state index in [1.54, 1.807) is 0 Å². The van der Waals surface area contributed by atoms with Crippen LogP contribution in [-0.4, -0.2) is 61.2 Å². The normalized spacial score (nSPS) is 18.1. The quantitative estimate of drug-likeness (QED) is 0.277. The number of benzene rings is 3. The molecule has 3 fully saturated rings. The van der Waals surface area contributed by atoms with Crippen LogP contribution in [0.4, 0.5) is 11.4 Å². The second kappa shape index (κ2) is 12.7. The number of carbonyl (C=O) groups is 1. The summed E-state index contributed by atoms with van der Waals surface area (Å²) in [5.74, 6) is -0.0413. The molecule has 3 aliphatic heterocycles. The fourth-order valence-corrected chi connectivity index (χ4v) is 6.80. The van der Waals surface area contributed by atoms with Gasteiger partial charge in [-0.25, -0.2) is 9.97 Å². The molecule has 222 valence electrons. The van der Waals surface area contributed by atoms with Crippen LogP contribution in [0.25, 0.3) is 33.5 Å². The SMILES string of the molecule is O=C(NC1CCNCC1)c1ccc2nc(-c3ccc(N4CCCCC4)cc3)c(-c3ccc(N4CCCCC4)cc3)nc2c1. The molecule has 1 amide bonds. The smallest absolute Gasteiger partial charge is 0.251 e. The zero-order chi connectivity index (χ0) is 29.0. The molecule has 4 aromatic rings. The van der Waals surface area contributed by atoms with Crippen LogP contribution >= 0.6 is 0 Å². The van der Waals surface area contributed by atoms with Gasteiger partial charge in [-0.15, -0.1) is 0 Å². The third-order valence-electron chi connectivity index (χ3n) is 9.32. The van der Waals surface area contributed by atoms with Gasteiger partial charge in [-0.05, 0) is 107 Å². The molecular formula is C36H42N6O. The summed E-state index contributed by atoms with van der Waals surface area (Å²) >= 11 is 0. The maximum Gasteiger partial charge on any atom is 0.251 e. The van der Waals surface area contributed by atoms with Crippen LogP contribution in [-0.2, 0) is 0 Å². The van der Waals surface area contributed by atoms with Gasteiger partial charge in [-0.1, -0.05) is 24.3 Å². The molecule has 0 radical (unpaired) electrons. The number of amides is 1. The highest BCUT2D eigenvalue weighted by Gasteiger charge is 2.20. The molecule has 0 atom stereocenters. The maximum atomic E-state index is 13.2. The van der Waals surface area contributed by atoms with Crippen molar-refractivity contribution in [2.45, 2.75) is 57.4 Å². The van der Waals surface area contributed by atoms with Crippen molar-refractivity contribution in [3.63, 3.8) is 0 Å². The highest BCUT2D eigenvalue weighted by molar-refractivity contribution is 5.98. The van der Waals surface area contributed by atoms with Gasteiger partial charge in [0.05, 0.1) is 22.4 Å². The van der Waals surface area contributed by atoms with Gasteiger partial charge in [-0.3, -0.25) is 4.79 Å². The highest BCUT2D eigenvalue weighted by Crippen LogP contribution is 2.34. The number of hydrogen-bond donors (Lipinski definition) is 2. The zero-order valence-corrected chi connectivity index (χ0v) is 25.0. The lowest BCUT2D eigenvalue weighted by Crippen LogP contribution is -2.42. The Morgan fingerprint density at radius 2 is 1.16 bits per heavy atom. The van der Waals surface area contributed by atoms with Crippen molar-refractivity contribution in [3.05, 3.63) is 72.3 Å². The van der Waals surface area contributed by atoms with Crippen molar-refractivity contribution < 1.29 is 4.79 Å². The maximum absolute atomic E-state index is 13.2. The Morgan fingerprint density at radius 3 is 1.70 bits per heavy atom. The number of nitrogens with one attached hydrogen (secondary N) is 2. The van der Waals surface area contributed by atoms with E-state index in [1.807, 2.05) is 18.2 Å². The molecule has 1 aromatic heterocycles. The minimum absolute atomic E-state index is 0.0413. The van der Waals surface area contributed by atoms with Gasteiger partial charge in [-0.2, -0.15) is 0 Å². The summed E-state index contributed by atoms with van der Waals surface area (Å²) in [6.07, 6.45) is 9.57. The fraction of sp³-hybridized carbons (Fsp3) is 0.417. The monoisotopic (exact) mass is 574 g/mol. The Bertz CT molecular complexity index is 1550. The van der Waals surface area contributed by atoms with Crippen LogP contribution in [0, 0.1) is 0 Å². The molecule has 43 heavy (non-hydrogen) atoms. The topological polar surface area (TPSA) is 73.4 Å². The molecule has 0 bridgehead atoms. The molecule has 0 spiro atoms. The summed E-state index contributed by atoms with van der Waals surface area (Å²) < 4.78 is 0. The lowest BCUT2D eigenvalue weighted by atomic mass is 10.0. The molecule has 7 heteroatoms. The van der Waals surface area contributed by atoms with Gasteiger partial charge in [0.2, 0.25) is 0 Å². The van der Waals surface area contributed by atoms with Gasteiger partial charge in [0, 0.05) is 60.3 Å². The number of anilines is 2. The summed E-state index contributed by atoms with van der Waals surface area (Å²) in [6.45, 7) is 6.36. The number of aromatic nitrogens is 2. The predicted octanol–water partition coefficient (Wildman–Crippen LogP) is 6.43. The third-order valence-corrected chi connectivity index (χ3v) is 9.32. The van der Waals surface area contributed by atoms with Gasteiger partial charge in [0.25, 0.3) is 5.91 Å². The fourth-order valence-electron chi connectivity index (χ4n) is 6.80. The Labute approximate surface area is 254 Å². The molecular weight excluding hydrogens is 532 g/mol. The van der Waals surface area contributed by atoms with E-state index >= 15 is 0 Å². The van der Waals surface area contributed by atoms with Crippen molar-refractivity contribution >= 4 is 28.3 Å². The summed E-state index contributed by atoms with van der Waals surface area (Å²) in [4.78, 5) is 28.5. The lowest BCUT2D eigenvalue weighted by Gasteiger charge is -2.29. The molecule has 2 N–H and O–H groups in total. The predicted molar refractivity (Wildman–Crippen MR) is 176 cm³/mol. The molecule has 4 heterocycles. The lowest BCUT2D eigenvalue weighted by molar-refractivity contribution is 0.0929. The summed E-state index contributed by atoms with van der Waals surface area (Å²) in [5, 5.41) is 6.58. The molecule has 0 aliphatic carbocycles. The number of hydrogen-bond acceptors (Lipinski definition) is 6. The van der Waals surface area contributed by atoms with Crippen LogP contribution in [0.5, 0.6) is 0 Å². The second-order valence-electron chi connectivity index (χ2n) is 12.3. The van der Waals surface area contributed by atoms with Crippen molar-refractivity contribution in [2.24, 2.45) is 0 Å². The first-order valence-electron chi connectivity index (χ1n) is 16.3. The molecule has 0 unspecified atom stereocenters. The van der Waals surface area contributed by atoms with E-state index in [2.05, 4.69) is 69.0 Å². The van der Waals surface area contributed by atoms with Gasteiger partial charge in [0.15, 0.2) is 0 Å². The van der Waals surface area contributed by atoms with E-state index in [-0.39, 0.29) is 11.9 Å². The Balaban J connectivity index is 1.24. The van der Waals surface area contributed by atoms with Crippen LogP contribution in [0.2, 0.25) is 0 Å². The number of fused-ring (bicyclic) bond motifs is 1. The van der Waals surface area contributed by atoms with E-state index in [0.29, 0.717) is 5.56 Å². The van der Waals surface area contributed by atoms with Gasteiger partial charge in [0.1, 0.15) is 0 Å². The first-order valence-corrected chi connectivity index (χ1v) is 16.3. The summed E-state index contributed by atoms with van der Waals surface area (Å²) in [7, 11) is 0. The molecule has 3 aromatic carbocycles. The van der Waals surface area contributed by atoms with E-state index < -0.39 is 0 Å². The van der Waals surface area contributed by atoms with Gasteiger partial charge >= 0.3 is 0 Å². The zero-order valence-electron chi connectivity index (χ0n) is 25.0. The van der Waals surface area contributed by atoms with Crippen molar-refractivity contribution in [1.82, 2.24) is 20.6 Å². The van der Waals surface area contributed by atoms with Crippen LogP contribution in [0.3, 0.4) is 0 Å². The Hall–Kier alpha value is -3.97. The molecule has 3 aliphatic rings. The molecule has 7 rings (SSSR count). The van der Waals surface area contributed by atoms with Crippen LogP contribution in [0.15, 0.2) is 66.7 Å². The number of carbonyl (C=O) groups excluding carboxylic acids is 1. The Kier molecular flexibility index (Phi) is 8.23. The van der Waals surface area contributed by atoms with Crippen molar-refractivity contribution in [1.29, 1.82) is 0 Å². The average molecular weight is 575 g/mol. The van der Waals surface area contributed by atoms with Crippen molar-refractivity contribution in [2.75, 3.05) is 49.1 Å². The largest absolute Gasteiger partial charge is 0.372 e. The number of rotatable bonds is 6. The first-order chi connectivity index (χ1) is 21.2. The second-order valence-corrected chi connectivity index (χ2v) is 12.3. The van der Waals surface area contributed by atoms with Crippen LogP contribution in [0.1, 0.15) is 61.7 Å². The standard InChI is InChI=1S/C36H42N6O/c43-36(38-29-17-19-37-20-18-29)28-11-16-32-33(25-28)40-35(27-9-14-31(15-10-27)42-23-5-2-6-24-42)34(39-32)26-7-12-30(13-8-26)41-21-3-1-4-22-41/h7-16,25,29,37H,1-6,17-24H2,(H,38,43). The number of piperidine rings is 3. The summed E-state index contributed by atoms with van der Waals surface area (Å²) in [5.41, 5.74) is 8.51. The average Bonchev–Trinajstić information content (AvgIpc) is 3.09. The van der Waals surface area contributed by atoms with E-state index in [9.17, 15) is 4.79 Å². The molecule has 7 nitrogen and oxygen atoms in total. The van der Waals surface area contributed by atoms with E-state index in [1.165, 1.54) is 49.9 Å². The van der Waals surface area contributed by atoms with E-state index in [0.717, 1.165) is 85.7 Å². The molecule has 0 saturated carbocycles. The van der Waals surface area contributed by atoms with Gasteiger partial charge < -0.3 is 20.4 Å². The minimum atomic E-state index is -0.0413.